The number of hydrogen-bond donors (Lipinski definition) is 3. The largest absolute Gasteiger partial charge is 0.496 e. The van der Waals surface area contributed by atoms with Crippen molar-refractivity contribution in [3.05, 3.63) is 75.9 Å². The van der Waals surface area contributed by atoms with E-state index in [4.69, 9.17) is 19.7 Å². The molecule has 0 bridgehead atoms. The van der Waals surface area contributed by atoms with Gasteiger partial charge in [0.25, 0.3) is 0 Å². The van der Waals surface area contributed by atoms with E-state index in [1.54, 1.807) is 30.6 Å². The molecule has 4 rings (SSSR count). The van der Waals surface area contributed by atoms with Gasteiger partial charge in [0, 0.05) is 48.8 Å². The second-order valence-electron chi connectivity index (χ2n) is 8.00. The first kappa shape index (κ1) is 28.9. The zero-order valence-corrected chi connectivity index (χ0v) is 21.3. The van der Waals surface area contributed by atoms with Crippen LogP contribution in [0.4, 0.5) is 8.78 Å². The minimum atomic E-state index is -0.615. The molecule has 0 aliphatic carbocycles. The minimum absolute atomic E-state index is 0.244. The summed E-state index contributed by atoms with van der Waals surface area (Å²) in [6.45, 7) is 1.42. The first-order valence-electron chi connectivity index (χ1n) is 11.3. The highest BCUT2D eigenvalue weighted by atomic mass is 32.1. The van der Waals surface area contributed by atoms with Gasteiger partial charge in [-0.2, -0.15) is 0 Å². The Morgan fingerprint density at radius 3 is 2.34 bits per heavy atom. The number of aliphatic hydroxyl groups is 3. The molecular weight excluding hydrogens is 474 g/mol. The number of benzene rings is 2. The van der Waals surface area contributed by atoms with Crippen molar-refractivity contribution in [1.29, 1.82) is 0 Å². The fourth-order valence-corrected chi connectivity index (χ4v) is 5.12. The topological polar surface area (TPSA) is 79.2 Å². The van der Waals surface area contributed by atoms with Crippen LogP contribution < -0.4 is 4.74 Å². The maximum absolute atomic E-state index is 13.2. The number of hydrogen-bond acceptors (Lipinski definition) is 6. The third-order valence-electron chi connectivity index (χ3n) is 5.74. The summed E-state index contributed by atoms with van der Waals surface area (Å²) in [7, 11) is 3.61. The van der Waals surface area contributed by atoms with Crippen LogP contribution in [0.25, 0.3) is 10.4 Å². The number of alkyl halides is 1. The second-order valence-corrected chi connectivity index (χ2v) is 9.16. The lowest BCUT2D eigenvalue weighted by molar-refractivity contribution is -0.105. The third kappa shape index (κ3) is 7.56. The van der Waals surface area contributed by atoms with Gasteiger partial charge in [0.15, 0.2) is 0 Å². The van der Waals surface area contributed by atoms with Gasteiger partial charge in [0.1, 0.15) is 18.2 Å². The molecule has 3 N–H and O–H groups in total. The molecule has 1 aliphatic heterocycles. The lowest BCUT2D eigenvalue weighted by Gasteiger charge is -2.33. The molecule has 2 heterocycles. The quantitative estimate of drug-likeness (QED) is 0.425. The zero-order valence-electron chi connectivity index (χ0n) is 20.5. The molecule has 1 saturated heterocycles. The van der Waals surface area contributed by atoms with Crippen molar-refractivity contribution < 1.29 is 33.6 Å². The number of aliphatic hydroxyl groups excluding tert-OH is 3. The number of halogens is 2. The molecule has 2 aromatic carbocycles. The van der Waals surface area contributed by atoms with Crippen LogP contribution in [0, 0.1) is 12.7 Å². The van der Waals surface area contributed by atoms with Gasteiger partial charge in [-0.3, -0.25) is 0 Å². The number of ether oxygens (including phenoxy) is 2. The fourth-order valence-electron chi connectivity index (χ4n) is 4.08. The zero-order chi connectivity index (χ0) is 26.0. The molecule has 3 aromatic rings. The number of methoxy groups -OCH3 is 1. The van der Waals surface area contributed by atoms with Crippen molar-refractivity contribution in [1.82, 2.24) is 0 Å². The summed E-state index contributed by atoms with van der Waals surface area (Å²) in [4.78, 5) is 2.27. The van der Waals surface area contributed by atoms with Crippen LogP contribution in [0.2, 0.25) is 0 Å². The van der Waals surface area contributed by atoms with Crippen LogP contribution in [-0.4, -0.2) is 55.5 Å². The van der Waals surface area contributed by atoms with Gasteiger partial charge in [-0.1, -0.05) is 12.1 Å². The molecule has 5 nitrogen and oxygen atoms in total. The Morgan fingerprint density at radius 1 is 1.03 bits per heavy atom. The summed E-state index contributed by atoms with van der Waals surface area (Å²) in [6, 6.07) is 14.7. The molecular formula is C27H34F2O5S. The molecule has 0 saturated carbocycles. The summed E-state index contributed by atoms with van der Waals surface area (Å²) in [5.74, 6) is 0.447. The van der Waals surface area contributed by atoms with E-state index < -0.39 is 25.0 Å². The SMILES string of the molecule is CO.CO.COc1cc(C)c(Cc2ccc(-c3ccc(F)cc3)s2)cc1C1CC(O)CC(CF)O1. The van der Waals surface area contributed by atoms with Crippen LogP contribution in [0.3, 0.4) is 0 Å². The molecule has 1 aliphatic rings. The van der Waals surface area contributed by atoms with Crippen LogP contribution in [-0.2, 0) is 11.2 Å². The molecule has 8 heteroatoms. The van der Waals surface area contributed by atoms with Crippen LogP contribution in [0.15, 0.2) is 48.5 Å². The first-order valence-corrected chi connectivity index (χ1v) is 12.1. The highest BCUT2D eigenvalue weighted by molar-refractivity contribution is 7.15. The van der Waals surface area contributed by atoms with E-state index in [0.717, 1.165) is 47.8 Å². The van der Waals surface area contributed by atoms with E-state index in [-0.39, 0.29) is 5.82 Å². The predicted octanol–water partition coefficient (Wildman–Crippen LogP) is 5.23. The molecule has 0 spiro atoms. The Balaban J connectivity index is 0.00000103. The molecule has 0 radical (unpaired) electrons. The Morgan fingerprint density at radius 2 is 1.71 bits per heavy atom. The molecule has 192 valence electrons. The molecule has 3 atom stereocenters. The van der Waals surface area contributed by atoms with E-state index >= 15 is 0 Å². The van der Waals surface area contributed by atoms with Gasteiger partial charge in [-0.15, -0.1) is 11.3 Å². The number of thiophene rings is 1. The third-order valence-corrected chi connectivity index (χ3v) is 6.87. The van der Waals surface area contributed by atoms with Gasteiger partial charge in [-0.05, 0) is 60.0 Å². The molecule has 0 amide bonds. The van der Waals surface area contributed by atoms with Gasteiger partial charge < -0.3 is 24.8 Å². The van der Waals surface area contributed by atoms with E-state index in [0.29, 0.717) is 18.6 Å². The van der Waals surface area contributed by atoms with Crippen LogP contribution in [0.5, 0.6) is 5.75 Å². The minimum Gasteiger partial charge on any atom is -0.496 e. The van der Waals surface area contributed by atoms with Crippen LogP contribution >= 0.6 is 11.3 Å². The Bertz CT molecular complexity index is 1040. The fraction of sp³-hybridized carbons (Fsp3) is 0.407. The molecule has 1 aromatic heterocycles. The summed E-state index contributed by atoms with van der Waals surface area (Å²) >= 11 is 1.68. The lowest BCUT2D eigenvalue weighted by Crippen LogP contribution is -2.32. The summed E-state index contributed by atoms with van der Waals surface area (Å²) < 4.78 is 37.9. The monoisotopic (exact) mass is 508 g/mol. The van der Waals surface area contributed by atoms with Crippen molar-refractivity contribution in [2.75, 3.05) is 28.0 Å². The number of aryl methyl sites for hydroxylation is 1. The maximum atomic E-state index is 13.2. The Hall–Kier alpha value is -2.36. The molecule has 35 heavy (non-hydrogen) atoms. The summed E-state index contributed by atoms with van der Waals surface area (Å²) in [5.41, 5.74) is 4.06. The van der Waals surface area contributed by atoms with Crippen molar-refractivity contribution in [2.24, 2.45) is 0 Å². The lowest BCUT2D eigenvalue weighted by atomic mass is 9.92. The molecule has 3 unspecified atom stereocenters. The predicted molar refractivity (Wildman–Crippen MR) is 135 cm³/mol. The first-order chi connectivity index (χ1) is 17.0. The number of rotatable bonds is 6. The normalized spacial score (nSPS) is 19.2. The van der Waals surface area contributed by atoms with Gasteiger partial charge in [-0.25, -0.2) is 8.78 Å². The highest BCUT2D eigenvalue weighted by Gasteiger charge is 2.31. The van der Waals surface area contributed by atoms with Gasteiger partial charge in [0.2, 0.25) is 0 Å². The highest BCUT2D eigenvalue weighted by Crippen LogP contribution is 2.39. The smallest absolute Gasteiger partial charge is 0.124 e. The van der Waals surface area contributed by atoms with E-state index in [9.17, 15) is 13.9 Å². The molecule has 1 fully saturated rings. The van der Waals surface area contributed by atoms with Crippen molar-refractivity contribution in [2.45, 2.75) is 44.5 Å². The average molecular weight is 509 g/mol. The standard InChI is InChI=1S/C25H26F2O3S.2CH4O/c1-15-9-23(29-2)22(24-13-19(28)12-20(14-26)30-24)11-17(15)10-21-7-8-25(31-21)16-3-5-18(27)6-4-16;2*1-2/h3-9,11,19-20,24,28H,10,12-14H2,1-2H3;2*2H,1H3. The Kier molecular flexibility index (Phi) is 11.8. The average Bonchev–Trinajstić information content (AvgIpc) is 3.36. The second kappa shape index (κ2) is 14.3. The van der Waals surface area contributed by atoms with Crippen molar-refractivity contribution >= 4 is 11.3 Å². The van der Waals surface area contributed by atoms with Crippen molar-refractivity contribution in [3.63, 3.8) is 0 Å². The maximum Gasteiger partial charge on any atom is 0.124 e. The van der Waals surface area contributed by atoms with Gasteiger partial charge in [0.05, 0.1) is 25.4 Å². The van der Waals surface area contributed by atoms with E-state index in [2.05, 4.69) is 18.2 Å². The summed E-state index contributed by atoms with van der Waals surface area (Å²) in [6.07, 6.45) is -0.130. The van der Waals surface area contributed by atoms with Crippen molar-refractivity contribution in [3.8, 4) is 16.2 Å². The van der Waals surface area contributed by atoms with Gasteiger partial charge >= 0.3 is 0 Å². The van der Waals surface area contributed by atoms with Crippen LogP contribution in [0.1, 0.15) is 40.5 Å². The Labute approximate surface area is 209 Å². The van der Waals surface area contributed by atoms with E-state index in [1.165, 1.54) is 17.0 Å². The summed E-state index contributed by atoms with van der Waals surface area (Å²) in [5, 5.41) is 24.2. The van der Waals surface area contributed by atoms with E-state index in [1.807, 2.05) is 13.0 Å².